The molecule has 5 rings (SSSR count). The Balaban J connectivity index is 1.57. The summed E-state index contributed by atoms with van der Waals surface area (Å²) in [5, 5.41) is 16.4. The van der Waals surface area contributed by atoms with Gasteiger partial charge in [-0.2, -0.15) is 5.10 Å². The van der Waals surface area contributed by atoms with E-state index in [1.54, 1.807) is 6.20 Å². The molecule has 0 radical (unpaired) electrons. The summed E-state index contributed by atoms with van der Waals surface area (Å²) in [4.78, 5) is 19.0. The van der Waals surface area contributed by atoms with Gasteiger partial charge in [0, 0.05) is 50.0 Å². The molecule has 2 saturated heterocycles. The number of amides is 1. The second-order valence-corrected chi connectivity index (χ2v) is 8.28. The third-order valence-electron chi connectivity index (χ3n) is 6.73. The summed E-state index contributed by atoms with van der Waals surface area (Å²) in [6.45, 7) is 2.27. The van der Waals surface area contributed by atoms with E-state index in [-0.39, 0.29) is 11.3 Å². The number of hydrogen-bond donors (Lipinski definition) is 3. The van der Waals surface area contributed by atoms with Gasteiger partial charge < -0.3 is 21.4 Å². The molecule has 4 heterocycles. The minimum atomic E-state index is -0.241. The number of aryl methyl sites for hydroxylation is 1. The van der Waals surface area contributed by atoms with Crippen molar-refractivity contribution in [3.8, 4) is 11.1 Å². The van der Waals surface area contributed by atoms with E-state index in [0.29, 0.717) is 11.4 Å². The molecule has 0 saturated carbocycles. The van der Waals surface area contributed by atoms with Gasteiger partial charge in [0.1, 0.15) is 5.82 Å². The van der Waals surface area contributed by atoms with E-state index in [1.165, 1.54) is 6.21 Å². The minimum Gasteiger partial charge on any atom is -0.383 e. The van der Waals surface area contributed by atoms with Crippen LogP contribution >= 0.6 is 0 Å². The summed E-state index contributed by atoms with van der Waals surface area (Å²) in [6.07, 6.45) is 7.45. The highest BCUT2D eigenvalue weighted by molar-refractivity contribution is 5.99. The van der Waals surface area contributed by atoms with Gasteiger partial charge in [-0.15, -0.1) is 0 Å². The maximum Gasteiger partial charge on any atom is 0.226 e. The Morgan fingerprint density at radius 2 is 2.03 bits per heavy atom. The number of nitrogens with one attached hydrogen (secondary N) is 2. The van der Waals surface area contributed by atoms with Crippen LogP contribution in [0.15, 0.2) is 30.6 Å². The highest BCUT2D eigenvalue weighted by Crippen LogP contribution is 2.43. The van der Waals surface area contributed by atoms with Crippen molar-refractivity contribution in [3.63, 3.8) is 0 Å². The molecular formula is C22H25N7O. The number of carbonyl (C=O) groups excluding carboxylic acids is 1. The summed E-state index contributed by atoms with van der Waals surface area (Å²) in [5.74, 6) is 0.538. The number of piperidine rings is 1. The fourth-order valence-electron chi connectivity index (χ4n) is 4.91. The molecule has 2 aliphatic heterocycles. The lowest BCUT2D eigenvalue weighted by Gasteiger charge is -2.40. The van der Waals surface area contributed by atoms with Gasteiger partial charge in [0.15, 0.2) is 0 Å². The van der Waals surface area contributed by atoms with E-state index < -0.39 is 0 Å². The SMILES string of the molecule is Cn1ncc2cc(-c3cnc(N)c(C=N)c3N3CCC4(CCNC4=O)CC3)ccc21. The van der Waals surface area contributed by atoms with Crippen molar-refractivity contribution in [3.05, 3.63) is 36.2 Å². The second kappa shape index (κ2) is 6.83. The van der Waals surface area contributed by atoms with Gasteiger partial charge in [0.2, 0.25) is 5.91 Å². The van der Waals surface area contributed by atoms with Crippen LogP contribution in [0.3, 0.4) is 0 Å². The lowest BCUT2D eigenvalue weighted by molar-refractivity contribution is -0.128. The highest BCUT2D eigenvalue weighted by atomic mass is 16.2. The maximum absolute atomic E-state index is 12.4. The van der Waals surface area contributed by atoms with E-state index >= 15 is 0 Å². The fourth-order valence-corrected chi connectivity index (χ4v) is 4.91. The fraction of sp³-hybridized carbons (Fsp3) is 0.364. The number of benzene rings is 1. The maximum atomic E-state index is 12.4. The zero-order valence-corrected chi connectivity index (χ0v) is 17.0. The predicted molar refractivity (Wildman–Crippen MR) is 118 cm³/mol. The first-order valence-corrected chi connectivity index (χ1v) is 10.3. The molecule has 1 aromatic carbocycles. The summed E-state index contributed by atoms with van der Waals surface area (Å²) in [7, 11) is 1.92. The number of nitrogens with zero attached hydrogens (tertiary/aromatic N) is 4. The third-order valence-corrected chi connectivity index (χ3v) is 6.73. The molecule has 3 aromatic rings. The lowest BCUT2D eigenvalue weighted by atomic mass is 9.77. The zero-order chi connectivity index (χ0) is 20.9. The molecule has 2 aliphatic rings. The summed E-state index contributed by atoms with van der Waals surface area (Å²) < 4.78 is 1.85. The molecular weight excluding hydrogens is 378 g/mol. The number of anilines is 2. The number of nitrogens with two attached hydrogens (primary N) is 1. The normalized spacial score (nSPS) is 18.2. The number of aromatic nitrogens is 3. The molecule has 8 heteroatoms. The van der Waals surface area contributed by atoms with Crippen LogP contribution in [0, 0.1) is 10.8 Å². The Hall–Kier alpha value is -3.42. The number of rotatable bonds is 3. The first kappa shape index (κ1) is 18.6. The van der Waals surface area contributed by atoms with Crippen LogP contribution in [0.2, 0.25) is 0 Å². The molecule has 30 heavy (non-hydrogen) atoms. The number of fused-ring (bicyclic) bond motifs is 1. The van der Waals surface area contributed by atoms with E-state index in [2.05, 4.69) is 38.5 Å². The van der Waals surface area contributed by atoms with Crippen molar-refractivity contribution in [2.45, 2.75) is 19.3 Å². The molecule has 1 amide bonds. The average Bonchev–Trinajstić information content (AvgIpc) is 3.31. The number of pyridine rings is 1. The average molecular weight is 403 g/mol. The van der Waals surface area contributed by atoms with Gasteiger partial charge in [-0.3, -0.25) is 9.48 Å². The monoisotopic (exact) mass is 403 g/mol. The topological polar surface area (TPSA) is 113 Å². The summed E-state index contributed by atoms with van der Waals surface area (Å²) in [6, 6.07) is 6.21. The number of hydrogen-bond acceptors (Lipinski definition) is 6. The van der Waals surface area contributed by atoms with Gasteiger partial charge in [0.25, 0.3) is 0 Å². The number of nitrogen functional groups attached to an aromatic ring is 1. The lowest BCUT2D eigenvalue weighted by Crippen LogP contribution is -2.44. The second-order valence-electron chi connectivity index (χ2n) is 8.28. The minimum absolute atomic E-state index is 0.186. The van der Waals surface area contributed by atoms with Crippen molar-refractivity contribution < 1.29 is 4.79 Å². The molecule has 0 bridgehead atoms. The highest BCUT2D eigenvalue weighted by Gasteiger charge is 2.44. The standard InChI is InChI=1S/C22H25N7O/c1-28-18-3-2-14(10-15(18)12-27-28)17-13-26-20(24)16(11-23)19(17)29-8-5-22(6-9-29)4-7-25-21(22)30/h2-3,10-13,23H,4-9H2,1H3,(H2,24,26)(H,25,30). The molecule has 2 aromatic heterocycles. The molecule has 2 fully saturated rings. The Labute approximate surface area is 174 Å². The summed E-state index contributed by atoms with van der Waals surface area (Å²) >= 11 is 0. The van der Waals surface area contributed by atoms with E-state index in [0.717, 1.165) is 66.6 Å². The largest absolute Gasteiger partial charge is 0.383 e. The summed E-state index contributed by atoms with van der Waals surface area (Å²) in [5.41, 5.74) is 10.5. The van der Waals surface area contributed by atoms with Crippen molar-refractivity contribution in [1.29, 1.82) is 5.41 Å². The quantitative estimate of drug-likeness (QED) is 0.581. The first-order chi connectivity index (χ1) is 14.5. The molecule has 0 aliphatic carbocycles. The van der Waals surface area contributed by atoms with Crippen LogP contribution in [0.5, 0.6) is 0 Å². The molecule has 1 spiro atoms. The van der Waals surface area contributed by atoms with Crippen molar-refractivity contribution in [2.24, 2.45) is 12.5 Å². The van der Waals surface area contributed by atoms with Crippen LogP contribution in [0.1, 0.15) is 24.8 Å². The van der Waals surface area contributed by atoms with Crippen LogP contribution in [0.4, 0.5) is 11.5 Å². The third kappa shape index (κ3) is 2.74. The predicted octanol–water partition coefficient (Wildman–Crippen LogP) is 2.32. The molecule has 0 unspecified atom stereocenters. The van der Waals surface area contributed by atoms with Gasteiger partial charge >= 0.3 is 0 Å². The van der Waals surface area contributed by atoms with E-state index in [4.69, 9.17) is 11.1 Å². The molecule has 8 nitrogen and oxygen atoms in total. The smallest absolute Gasteiger partial charge is 0.226 e. The molecule has 4 N–H and O–H groups in total. The Morgan fingerprint density at radius 3 is 2.73 bits per heavy atom. The van der Waals surface area contributed by atoms with Gasteiger partial charge in [-0.1, -0.05) is 6.07 Å². The van der Waals surface area contributed by atoms with Crippen molar-refractivity contribution in [2.75, 3.05) is 30.3 Å². The first-order valence-electron chi connectivity index (χ1n) is 10.3. The van der Waals surface area contributed by atoms with Gasteiger partial charge in [-0.05, 0) is 37.0 Å². The molecule has 154 valence electrons. The van der Waals surface area contributed by atoms with Crippen LogP contribution in [-0.2, 0) is 11.8 Å². The zero-order valence-electron chi connectivity index (χ0n) is 17.0. The van der Waals surface area contributed by atoms with E-state index in [1.807, 2.05) is 17.9 Å². The Bertz CT molecular complexity index is 1160. The Kier molecular flexibility index (Phi) is 4.23. The van der Waals surface area contributed by atoms with Crippen molar-refractivity contribution in [1.82, 2.24) is 20.1 Å². The van der Waals surface area contributed by atoms with Crippen LogP contribution in [0.25, 0.3) is 22.0 Å². The van der Waals surface area contributed by atoms with E-state index in [9.17, 15) is 4.79 Å². The van der Waals surface area contributed by atoms with Crippen molar-refractivity contribution >= 4 is 34.5 Å². The molecule has 0 atom stereocenters. The Morgan fingerprint density at radius 1 is 1.23 bits per heavy atom. The van der Waals surface area contributed by atoms with Gasteiger partial charge in [-0.25, -0.2) is 4.98 Å². The van der Waals surface area contributed by atoms with Gasteiger partial charge in [0.05, 0.1) is 28.4 Å². The number of carbonyl (C=O) groups is 1. The van der Waals surface area contributed by atoms with Crippen LogP contribution in [-0.4, -0.2) is 46.5 Å². The van der Waals surface area contributed by atoms with Crippen LogP contribution < -0.4 is 16.0 Å².